The minimum absolute atomic E-state index is 0.0134. The van der Waals surface area contributed by atoms with Crippen LogP contribution in [0.5, 0.6) is 5.75 Å². The van der Waals surface area contributed by atoms with Crippen molar-refractivity contribution in [1.82, 2.24) is 4.90 Å². The van der Waals surface area contributed by atoms with E-state index < -0.39 is 5.60 Å². The number of hydrogen-bond donors (Lipinski definition) is 1. The Labute approximate surface area is 169 Å². The monoisotopic (exact) mass is 388 g/mol. The van der Waals surface area contributed by atoms with Crippen LogP contribution in [0, 0.1) is 5.92 Å². The molecule has 0 radical (unpaired) electrons. The number of amides is 1. The van der Waals surface area contributed by atoms with Crippen LogP contribution in [0.4, 0.5) is 5.69 Å². The van der Waals surface area contributed by atoms with Crippen LogP contribution in [0.15, 0.2) is 24.3 Å². The van der Waals surface area contributed by atoms with Gasteiger partial charge in [0.15, 0.2) is 0 Å². The molecule has 2 fully saturated rings. The van der Waals surface area contributed by atoms with Gasteiger partial charge in [0.05, 0.1) is 6.61 Å². The SMILES string of the molecule is CCOC1(C(=O)Nc2ccc(OCCCN3CCCC3)cc2)CCC(C)CC1. The molecule has 1 amide bonds. The van der Waals surface area contributed by atoms with Gasteiger partial charge in [0.1, 0.15) is 11.4 Å². The molecule has 1 aromatic carbocycles. The van der Waals surface area contributed by atoms with Gasteiger partial charge in [0.2, 0.25) is 0 Å². The number of carbonyl (C=O) groups is 1. The van der Waals surface area contributed by atoms with Crippen molar-refractivity contribution in [2.45, 2.75) is 64.4 Å². The second kappa shape index (κ2) is 10.3. The second-order valence-corrected chi connectivity index (χ2v) is 8.34. The number of carbonyl (C=O) groups excluding carboxylic acids is 1. The molecule has 28 heavy (non-hydrogen) atoms. The quantitative estimate of drug-likeness (QED) is 0.634. The van der Waals surface area contributed by atoms with Crippen LogP contribution >= 0.6 is 0 Å². The lowest BCUT2D eigenvalue weighted by molar-refractivity contribution is -0.146. The van der Waals surface area contributed by atoms with Gasteiger partial charge >= 0.3 is 0 Å². The molecule has 1 saturated carbocycles. The molecule has 0 aromatic heterocycles. The zero-order chi connectivity index (χ0) is 19.8. The minimum Gasteiger partial charge on any atom is -0.494 e. The van der Waals surface area contributed by atoms with Gasteiger partial charge in [0, 0.05) is 18.8 Å². The lowest BCUT2D eigenvalue weighted by atomic mass is 9.78. The summed E-state index contributed by atoms with van der Waals surface area (Å²) in [7, 11) is 0. The zero-order valence-electron chi connectivity index (χ0n) is 17.5. The highest BCUT2D eigenvalue weighted by atomic mass is 16.5. The van der Waals surface area contributed by atoms with Crippen LogP contribution in [0.1, 0.15) is 58.8 Å². The molecule has 156 valence electrons. The predicted molar refractivity (Wildman–Crippen MR) is 113 cm³/mol. The highest BCUT2D eigenvalue weighted by Crippen LogP contribution is 2.36. The Bertz CT molecular complexity index is 603. The summed E-state index contributed by atoms with van der Waals surface area (Å²) >= 11 is 0. The zero-order valence-corrected chi connectivity index (χ0v) is 17.5. The fourth-order valence-electron chi connectivity index (χ4n) is 4.31. The second-order valence-electron chi connectivity index (χ2n) is 8.34. The summed E-state index contributed by atoms with van der Waals surface area (Å²) in [4.78, 5) is 15.4. The standard InChI is InChI=1S/C23H36N2O3/c1-3-28-23(13-11-19(2)12-14-23)22(26)24-20-7-9-21(10-8-20)27-18-6-17-25-15-4-5-16-25/h7-10,19H,3-6,11-18H2,1-2H3,(H,24,26). The van der Waals surface area contributed by atoms with E-state index >= 15 is 0 Å². The Morgan fingerprint density at radius 2 is 1.86 bits per heavy atom. The van der Waals surface area contributed by atoms with Crippen LogP contribution in [0.3, 0.4) is 0 Å². The predicted octanol–water partition coefficient (Wildman–Crippen LogP) is 4.48. The number of ether oxygens (including phenoxy) is 2. The molecule has 2 aliphatic rings. The summed E-state index contributed by atoms with van der Waals surface area (Å²) < 4.78 is 11.8. The third kappa shape index (κ3) is 5.71. The smallest absolute Gasteiger partial charge is 0.256 e. The van der Waals surface area contributed by atoms with E-state index in [2.05, 4.69) is 17.1 Å². The molecule has 0 spiro atoms. The number of nitrogens with one attached hydrogen (secondary N) is 1. The summed E-state index contributed by atoms with van der Waals surface area (Å²) in [6, 6.07) is 7.70. The third-order valence-corrected chi connectivity index (χ3v) is 6.11. The molecule has 5 nitrogen and oxygen atoms in total. The van der Waals surface area contributed by atoms with Crippen LogP contribution in [0.2, 0.25) is 0 Å². The summed E-state index contributed by atoms with van der Waals surface area (Å²) in [5, 5.41) is 3.06. The van der Waals surface area contributed by atoms with Gasteiger partial charge in [-0.2, -0.15) is 0 Å². The molecular formula is C23H36N2O3. The van der Waals surface area contributed by atoms with Crippen LogP contribution in [0.25, 0.3) is 0 Å². The van der Waals surface area contributed by atoms with Gasteiger partial charge in [0.25, 0.3) is 5.91 Å². The van der Waals surface area contributed by atoms with E-state index in [1.54, 1.807) is 0 Å². The molecule has 1 saturated heterocycles. The van der Waals surface area contributed by atoms with Crippen molar-refractivity contribution < 1.29 is 14.3 Å². The molecule has 1 aliphatic carbocycles. The highest BCUT2D eigenvalue weighted by molar-refractivity contribution is 5.97. The van der Waals surface area contributed by atoms with Gasteiger partial charge < -0.3 is 19.7 Å². The topological polar surface area (TPSA) is 50.8 Å². The average Bonchev–Trinajstić information content (AvgIpc) is 3.22. The van der Waals surface area contributed by atoms with Crippen molar-refractivity contribution in [3.63, 3.8) is 0 Å². The van der Waals surface area contributed by atoms with E-state index in [9.17, 15) is 4.79 Å². The molecule has 1 aliphatic heterocycles. The Morgan fingerprint density at radius 3 is 2.50 bits per heavy atom. The van der Waals surface area contributed by atoms with E-state index in [1.165, 1.54) is 25.9 Å². The average molecular weight is 389 g/mol. The van der Waals surface area contributed by atoms with Crippen LogP contribution in [-0.2, 0) is 9.53 Å². The van der Waals surface area contributed by atoms with Crippen LogP contribution in [-0.4, -0.2) is 49.3 Å². The molecule has 1 heterocycles. The lowest BCUT2D eigenvalue weighted by Gasteiger charge is -2.37. The van der Waals surface area contributed by atoms with E-state index in [0.717, 1.165) is 56.7 Å². The van der Waals surface area contributed by atoms with Crippen molar-refractivity contribution in [2.24, 2.45) is 5.92 Å². The molecule has 0 atom stereocenters. The molecule has 5 heteroatoms. The van der Waals surface area contributed by atoms with E-state index in [1.807, 2.05) is 31.2 Å². The molecular weight excluding hydrogens is 352 g/mol. The van der Waals surface area contributed by atoms with E-state index in [4.69, 9.17) is 9.47 Å². The Morgan fingerprint density at radius 1 is 1.18 bits per heavy atom. The maximum absolute atomic E-state index is 12.9. The number of nitrogens with zero attached hydrogens (tertiary/aromatic N) is 1. The molecule has 0 unspecified atom stereocenters. The highest BCUT2D eigenvalue weighted by Gasteiger charge is 2.41. The molecule has 3 rings (SSSR count). The summed E-state index contributed by atoms with van der Waals surface area (Å²) in [5.74, 6) is 1.51. The molecule has 1 aromatic rings. The van der Waals surface area contributed by atoms with Gasteiger partial charge in [-0.1, -0.05) is 6.92 Å². The van der Waals surface area contributed by atoms with Gasteiger partial charge in [-0.05, 0) is 95.1 Å². The Balaban J connectivity index is 1.46. The number of likely N-dealkylation sites (tertiary alicyclic amines) is 1. The van der Waals surface area contributed by atoms with Crippen molar-refractivity contribution in [2.75, 3.05) is 38.2 Å². The fraction of sp³-hybridized carbons (Fsp3) is 0.696. The summed E-state index contributed by atoms with van der Waals surface area (Å²) in [6.07, 6.45) is 7.39. The van der Waals surface area contributed by atoms with Crippen LogP contribution < -0.4 is 10.1 Å². The van der Waals surface area contributed by atoms with Crippen molar-refractivity contribution >= 4 is 11.6 Å². The van der Waals surface area contributed by atoms with E-state index in [0.29, 0.717) is 12.5 Å². The summed E-state index contributed by atoms with van der Waals surface area (Å²) in [5.41, 5.74) is 0.124. The first kappa shape index (κ1) is 21.1. The Hall–Kier alpha value is -1.59. The normalized spacial score (nSPS) is 25.6. The third-order valence-electron chi connectivity index (χ3n) is 6.11. The van der Waals surface area contributed by atoms with Gasteiger partial charge in [-0.3, -0.25) is 4.79 Å². The largest absolute Gasteiger partial charge is 0.494 e. The number of anilines is 1. The lowest BCUT2D eigenvalue weighted by Crippen LogP contribution is -2.48. The maximum atomic E-state index is 12.9. The fourth-order valence-corrected chi connectivity index (χ4v) is 4.31. The number of hydrogen-bond acceptors (Lipinski definition) is 4. The van der Waals surface area contributed by atoms with Crippen molar-refractivity contribution in [3.05, 3.63) is 24.3 Å². The van der Waals surface area contributed by atoms with Gasteiger partial charge in [-0.25, -0.2) is 0 Å². The first-order valence-electron chi connectivity index (χ1n) is 11.0. The number of rotatable bonds is 9. The van der Waals surface area contributed by atoms with Crippen molar-refractivity contribution in [3.8, 4) is 5.75 Å². The first-order valence-corrected chi connectivity index (χ1v) is 11.0. The molecule has 0 bridgehead atoms. The van der Waals surface area contributed by atoms with Crippen molar-refractivity contribution in [1.29, 1.82) is 0 Å². The number of benzene rings is 1. The summed E-state index contributed by atoms with van der Waals surface area (Å²) in [6.45, 7) is 9.08. The first-order chi connectivity index (χ1) is 13.6. The Kier molecular flexibility index (Phi) is 7.74. The minimum atomic E-state index is -0.675. The maximum Gasteiger partial charge on any atom is 0.256 e. The molecule has 1 N–H and O–H groups in total. The van der Waals surface area contributed by atoms with Gasteiger partial charge in [-0.15, -0.1) is 0 Å². The van der Waals surface area contributed by atoms with E-state index in [-0.39, 0.29) is 5.91 Å².